The maximum Gasteiger partial charge on any atom is 0.243 e. The third-order valence-corrected chi connectivity index (χ3v) is 5.68. The van der Waals surface area contributed by atoms with Crippen molar-refractivity contribution in [2.75, 3.05) is 20.1 Å². The van der Waals surface area contributed by atoms with Crippen LogP contribution in [0.1, 0.15) is 18.4 Å². The van der Waals surface area contributed by atoms with Crippen molar-refractivity contribution in [2.24, 2.45) is 0 Å². The molecule has 0 aromatic heterocycles. The van der Waals surface area contributed by atoms with E-state index in [-0.39, 0.29) is 4.90 Å². The fourth-order valence-corrected chi connectivity index (χ4v) is 4.10. The summed E-state index contributed by atoms with van der Waals surface area (Å²) < 4.78 is 39.5. The first-order valence-electron chi connectivity index (χ1n) is 6.38. The minimum atomic E-state index is -3.50. The lowest BCUT2D eigenvalue weighted by molar-refractivity contribution is 0.298. The molecule has 0 radical (unpaired) electrons. The molecule has 1 saturated heterocycles. The van der Waals surface area contributed by atoms with Gasteiger partial charge in [-0.15, -0.1) is 0 Å². The van der Waals surface area contributed by atoms with Gasteiger partial charge < -0.3 is 5.32 Å². The minimum absolute atomic E-state index is 0.205. The number of halogens is 1. The second kappa shape index (κ2) is 5.56. The largest absolute Gasteiger partial charge is 0.317 e. The van der Waals surface area contributed by atoms with E-state index >= 15 is 0 Å². The molecule has 0 spiro atoms. The zero-order chi connectivity index (χ0) is 14.0. The van der Waals surface area contributed by atoms with Crippen LogP contribution in [0.3, 0.4) is 0 Å². The second-order valence-electron chi connectivity index (χ2n) is 4.88. The Kier molecular flexibility index (Phi) is 4.23. The Morgan fingerprint density at radius 1 is 1.32 bits per heavy atom. The quantitative estimate of drug-likeness (QED) is 0.916. The van der Waals surface area contributed by atoms with Gasteiger partial charge in [-0.25, -0.2) is 12.8 Å². The van der Waals surface area contributed by atoms with Gasteiger partial charge >= 0.3 is 0 Å². The van der Waals surface area contributed by atoms with Crippen LogP contribution in [0.25, 0.3) is 0 Å². The van der Waals surface area contributed by atoms with Crippen molar-refractivity contribution in [3.8, 4) is 0 Å². The summed E-state index contributed by atoms with van der Waals surface area (Å²) in [5.41, 5.74) is 0.454. The topological polar surface area (TPSA) is 49.4 Å². The van der Waals surface area contributed by atoms with E-state index in [0.29, 0.717) is 24.7 Å². The Bertz CT molecular complexity index is 552. The molecule has 1 aromatic rings. The molecule has 1 aliphatic heterocycles. The molecule has 6 heteroatoms. The van der Waals surface area contributed by atoms with E-state index in [2.05, 4.69) is 5.32 Å². The highest BCUT2D eigenvalue weighted by Gasteiger charge is 2.29. The lowest BCUT2D eigenvalue weighted by Crippen LogP contribution is -2.44. The summed E-state index contributed by atoms with van der Waals surface area (Å²) in [5, 5.41) is 3.16. The SMILES string of the molecule is CNC1CCN(S(=O)(=O)c2ccc(F)cc2C)CC1. The molecule has 1 heterocycles. The fourth-order valence-electron chi connectivity index (χ4n) is 2.43. The highest BCUT2D eigenvalue weighted by Crippen LogP contribution is 2.23. The average molecular weight is 286 g/mol. The van der Waals surface area contributed by atoms with Gasteiger partial charge in [0.05, 0.1) is 4.90 Å². The van der Waals surface area contributed by atoms with Gasteiger partial charge in [-0.2, -0.15) is 4.31 Å². The predicted octanol–water partition coefficient (Wildman–Crippen LogP) is 1.51. The molecular formula is C13H19FN2O2S. The van der Waals surface area contributed by atoms with Crippen LogP contribution in [0.2, 0.25) is 0 Å². The van der Waals surface area contributed by atoms with Gasteiger partial charge in [0.15, 0.2) is 0 Å². The number of nitrogens with zero attached hydrogens (tertiary/aromatic N) is 1. The number of aryl methyl sites for hydroxylation is 1. The molecule has 1 aliphatic rings. The first-order chi connectivity index (χ1) is 8.95. The normalized spacial score (nSPS) is 18.7. The lowest BCUT2D eigenvalue weighted by atomic mass is 10.1. The molecular weight excluding hydrogens is 267 g/mol. The van der Waals surface area contributed by atoms with Crippen molar-refractivity contribution in [3.05, 3.63) is 29.6 Å². The molecule has 0 unspecified atom stereocenters. The molecule has 0 atom stereocenters. The van der Waals surface area contributed by atoms with E-state index in [1.807, 2.05) is 7.05 Å². The van der Waals surface area contributed by atoms with Crippen molar-refractivity contribution < 1.29 is 12.8 Å². The average Bonchev–Trinajstić information content (AvgIpc) is 2.38. The summed E-state index contributed by atoms with van der Waals surface area (Å²) >= 11 is 0. The molecule has 1 N–H and O–H groups in total. The highest BCUT2D eigenvalue weighted by atomic mass is 32.2. The van der Waals surface area contributed by atoms with Gasteiger partial charge in [-0.05, 0) is 50.6 Å². The standard InChI is InChI=1S/C13H19FN2O2S/c1-10-9-11(14)3-4-13(10)19(17,18)16-7-5-12(15-2)6-8-16/h3-4,9,12,15H,5-8H2,1-2H3. The third kappa shape index (κ3) is 2.96. The summed E-state index contributed by atoms with van der Waals surface area (Å²) in [6, 6.07) is 4.18. The predicted molar refractivity (Wildman–Crippen MR) is 72.0 cm³/mol. The van der Waals surface area contributed by atoms with Crippen LogP contribution in [0.15, 0.2) is 23.1 Å². The summed E-state index contributed by atoms with van der Waals surface area (Å²) in [6.07, 6.45) is 1.60. The van der Waals surface area contributed by atoms with Crippen molar-refractivity contribution in [1.82, 2.24) is 9.62 Å². The molecule has 106 valence electrons. The zero-order valence-electron chi connectivity index (χ0n) is 11.2. The van der Waals surface area contributed by atoms with Gasteiger partial charge in [0, 0.05) is 19.1 Å². The van der Waals surface area contributed by atoms with Crippen molar-refractivity contribution in [1.29, 1.82) is 0 Å². The van der Waals surface area contributed by atoms with Gasteiger partial charge in [-0.3, -0.25) is 0 Å². The zero-order valence-corrected chi connectivity index (χ0v) is 12.0. The van der Waals surface area contributed by atoms with E-state index in [9.17, 15) is 12.8 Å². The van der Waals surface area contributed by atoms with Gasteiger partial charge in [0.1, 0.15) is 5.82 Å². The second-order valence-corrected chi connectivity index (χ2v) is 6.78. The number of rotatable bonds is 3. The van der Waals surface area contributed by atoms with Gasteiger partial charge in [0.2, 0.25) is 10.0 Å². The van der Waals surface area contributed by atoms with Crippen LogP contribution in [0, 0.1) is 12.7 Å². The van der Waals surface area contributed by atoms with Crippen LogP contribution >= 0.6 is 0 Å². The van der Waals surface area contributed by atoms with E-state index in [1.54, 1.807) is 6.92 Å². The first kappa shape index (κ1) is 14.4. The Hall–Kier alpha value is -0.980. The Balaban J connectivity index is 2.23. The molecule has 0 amide bonds. The van der Waals surface area contributed by atoms with Crippen molar-refractivity contribution >= 4 is 10.0 Å². The fraction of sp³-hybridized carbons (Fsp3) is 0.538. The molecule has 1 fully saturated rings. The van der Waals surface area contributed by atoms with Crippen LogP contribution in [0.4, 0.5) is 4.39 Å². The molecule has 0 aliphatic carbocycles. The van der Waals surface area contributed by atoms with Crippen molar-refractivity contribution in [3.63, 3.8) is 0 Å². The molecule has 0 saturated carbocycles. The number of benzene rings is 1. The molecule has 4 nitrogen and oxygen atoms in total. The lowest BCUT2D eigenvalue weighted by Gasteiger charge is -2.31. The summed E-state index contributed by atoms with van der Waals surface area (Å²) in [6.45, 7) is 2.63. The van der Waals surface area contributed by atoms with Crippen LogP contribution in [-0.2, 0) is 10.0 Å². The van der Waals surface area contributed by atoms with Crippen LogP contribution in [-0.4, -0.2) is 38.9 Å². The van der Waals surface area contributed by atoms with Gasteiger partial charge in [0.25, 0.3) is 0 Å². The Morgan fingerprint density at radius 3 is 2.47 bits per heavy atom. The Morgan fingerprint density at radius 2 is 1.95 bits per heavy atom. The maximum absolute atomic E-state index is 13.1. The summed E-state index contributed by atoms with van der Waals surface area (Å²) in [5.74, 6) is -0.412. The van der Waals surface area contributed by atoms with E-state index in [1.165, 1.54) is 22.5 Å². The van der Waals surface area contributed by atoms with Crippen molar-refractivity contribution in [2.45, 2.75) is 30.7 Å². The number of hydrogen-bond acceptors (Lipinski definition) is 3. The third-order valence-electron chi connectivity index (χ3n) is 3.62. The number of sulfonamides is 1. The van der Waals surface area contributed by atoms with E-state index < -0.39 is 15.8 Å². The number of piperidine rings is 1. The monoisotopic (exact) mass is 286 g/mol. The van der Waals surface area contributed by atoms with E-state index in [0.717, 1.165) is 12.8 Å². The Labute approximate surface area is 113 Å². The number of nitrogens with one attached hydrogen (secondary N) is 1. The molecule has 0 bridgehead atoms. The van der Waals surface area contributed by atoms with Crippen LogP contribution in [0.5, 0.6) is 0 Å². The smallest absolute Gasteiger partial charge is 0.243 e. The van der Waals surface area contributed by atoms with Crippen LogP contribution < -0.4 is 5.32 Å². The van der Waals surface area contributed by atoms with E-state index in [4.69, 9.17) is 0 Å². The first-order valence-corrected chi connectivity index (χ1v) is 7.82. The minimum Gasteiger partial charge on any atom is -0.317 e. The summed E-state index contributed by atoms with van der Waals surface area (Å²) in [7, 11) is -1.61. The molecule has 19 heavy (non-hydrogen) atoms. The van der Waals surface area contributed by atoms with Gasteiger partial charge in [-0.1, -0.05) is 0 Å². The maximum atomic E-state index is 13.1. The summed E-state index contributed by atoms with van der Waals surface area (Å²) in [4.78, 5) is 0.205. The molecule has 1 aromatic carbocycles. The molecule has 2 rings (SSSR count). The number of hydrogen-bond donors (Lipinski definition) is 1. The highest BCUT2D eigenvalue weighted by molar-refractivity contribution is 7.89.